The van der Waals surface area contributed by atoms with Gasteiger partial charge in [-0.1, -0.05) is 6.92 Å². The molecule has 24 heavy (non-hydrogen) atoms. The first-order chi connectivity index (χ1) is 11.3. The number of ether oxygens (including phenoxy) is 1. The van der Waals surface area contributed by atoms with Crippen molar-refractivity contribution in [2.75, 3.05) is 11.9 Å². The summed E-state index contributed by atoms with van der Waals surface area (Å²) in [7, 11) is 0. The molecule has 1 heterocycles. The smallest absolute Gasteiger partial charge is 0.416 e. The standard InChI is InChI=1S/C16H19F3N2O3/c1-3-10-8-12(14(22)21-15(23)24-4-2)11-7-9(16(17,18)19)5-6-13(11)20-10/h5-7,10,12,20H,3-4,8H2,1-2H3,(H,21,22,23)/t10-,12+/m0/s1. The number of anilines is 1. The second kappa shape index (κ2) is 7.11. The van der Waals surface area contributed by atoms with Gasteiger partial charge in [0.2, 0.25) is 5.91 Å². The van der Waals surface area contributed by atoms with Gasteiger partial charge in [-0.3, -0.25) is 10.1 Å². The Hall–Kier alpha value is -2.25. The van der Waals surface area contributed by atoms with E-state index in [1.807, 2.05) is 6.92 Å². The zero-order chi connectivity index (χ0) is 17.9. The normalized spacial score (nSPS) is 19.9. The van der Waals surface area contributed by atoms with Crippen LogP contribution in [0.1, 0.15) is 43.7 Å². The number of carbonyl (C=O) groups excluding carboxylic acids is 2. The van der Waals surface area contributed by atoms with E-state index in [9.17, 15) is 22.8 Å². The van der Waals surface area contributed by atoms with E-state index in [2.05, 4.69) is 15.4 Å². The molecular weight excluding hydrogens is 325 g/mol. The molecule has 8 heteroatoms. The molecule has 0 bridgehead atoms. The van der Waals surface area contributed by atoms with Gasteiger partial charge in [0, 0.05) is 11.7 Å². The van der Waals surface area contributed by atoms with Crippen LogP contribution in [0.2, 0.25) is 0 Å². The van der Waals surface area contributed by atoms with Crippen LogP contribution >= 0.6 is 0 Å². The summed E-state index contributed by atoms with van der Waals surface area (Å²) in [6, 6.07) is 3.20. The van der Waals surface area contributed by atoms with Gasteiger partial charge in [0.15, 0.2) is 0 Å². The molecule has 2 amide bonds. The first-order valence-electron chi connectivity index (χ1n) is 7.71. The van der Waals surface area contributed by atoms with Crippen LogP contribution < -0.4 is 10.6 Å². The van der Waals surface area contributed by atoms with Crippen molar-refractivity contribution in [2.24, 2.45) is 0 Å². The third-order valence-electron chi connectivity index (χ3n) is 3.94. The molecule has 1 aliphatic heterocycles. The van der Waals surface area contributed by atoms with Crippen LogP contribution in [-0.4, -0.2) is 24.6 Å². The molecule has 2 atom stereocenters. The number of fused-ring (bicyclic) bond motifs is 1. The van der Waals surface area contributed by atoms with Gasteiger partial charge in [0.1, 0.15) is 0 Å². The Balaban J connectivity index is 2.34. The zero-order valence-corrected chi connectivity index (χ0v) is 13.4. The summed E-state index contributed by atoms with van der Waals surface area (Å²) in [5.74, 6) is -1.51. The fourth-order valence-corrected chi connectivity index (χ4v) is 2.72. The summed E-state index contributed by atoms with van der Waals surface area (Å²) in [5.41, 5.74) is -0.117. The molecule has 0 saturated heterocycles. The number of amides is 2. The van der Waals surface area contributed by atoms with Crippen LogP contribution in [0.4, 0.5) is 23.7 Å². The minimum atomic E-state index is -4.50. The third kappa shape index (κ3) is 3.98. The first-order valence-corrected chi connectivity index (χ1v) is 7.71. The molecule has 5 nitrogen and oxygen atoms in total. The van der Waals surface area contributed by atoms with Gasteiger partial charge in [-0.15, -0.1) is 0 Å². The van der Waals surface area contributed by atoms with E-state index in [4.69, 9.17) is 0 Å². The summed E-state index contributed by atoms with van der Waals surface area (Å²) in [6.45, 7) is 3.59. The summed E-state index contributed by atoms with van der Waals surface area (Å²) in [5, 5.41) is 5.21. The molecule has 1 aromatic rings. The van der Waals surface area contributed by atoms with Gasteiger partial charge in [-0.2, -0.15) is 13.2 Å². The summed E-state index contributed by atoms with van der Waals surface area (Å²) >= 11 is 0. The Bertz CT molecular complexity index is 631. The van der Waals surface area contributed by atoms with Crippen molar-refractivity contribution >= 4 is 17.7 Å². The van der Waals surface area contributed by atoms with E-state index < -0.39 is 29.7 Å². The number of alkyl halides is 3. The van der Waals surface area contributed by atoms with Crippen molar-refractivity contribution in [3.05, 3.63) is 29.3 Å². The molecule has 0 fully saturated rings. The van der Waals surface area contributed by atoms with E-state index in [-0.39, 0.29) is 18.2 Å². The van der Waals surface area contributed by atoms with Crippen LogP contribution in [0.15, 0.2) is 18.2 Å². The van der Waals surface area contributed by atoms with E-state index in [0.717, 1.165) is 12.1 Å². The number of alkyl carbamates (subject to hydrolysis) is 1. The van der Waals surface area contributed by atoms with E-state index >= 15 is 0 Å². The fourth-order valence-electron chi connectivity index (χ4n) is 2.72. The summed E-state index contributed by atoms with van der Waals surface area (Å²) < 4.78 is 43.5. The highest BCUT2D eigenvalue weighted by atomic mass is 19.4. The molecule has 2 N–H and O–H groups in total. The van der Waals surface area contributed by atoms with Gasteiger partial charge >= 0.3 is 12.3 Å². The molecular formula is C16H19F3N2O3. The van der Waals surface area contributed by atoms with Crippen molar-refractivity contribution in [2.45, 2.75) is 44.8 Å². The molecule has 0 spiro atoms. The second-order valence-corrected chi connectivity index (χ2v) is 5.55. The third-order valence-corrected chi connectivity index (χ3v) is 3.94. The van der Waals surface area contributed by atoms with Crippen molar-refractivity contribution in [1.29, 1.82) is 0 Å². The number of nitrogens with one attached hydrogen (secondary N) is 2. The number of halogens is 3. The molecule has 2 rings (SSSR count). The maximum Gasteiger partial charge on any atom is 0.416 e. The Morgan fingerprint density at radius 2 is 2.04 bits per heavy atom. The quantitative estimate of drug-likeness (QED) is 0.878. The zero-order valence-electron chi connectivity index (χ0n) is 13.4. The van der Waals surface area contributed by atoms with Crippen LogP contribution in [0, 0.1) is 0 Å². The molecule has 1 aliphatic rings. The number of rotatable bonds is 3. The highest BCUT2D eigenvalue weighted by Crippen LogP contribution is 2.39. The van der Waals surface area contributed by atoms with Crippen LogP contribution in [0.25, 0.3) is 0 Å². The summed E-state index contributed by atoms with van der Waals surface area (Å²) in [4.78, 5) is 23.8. The molecule has 0 saturated carbocycles. The van der Waals surface area contributed by atoms with Gasteiger partial charge in [0.25, 0.3) is 0 Å². The topological polar surface area (TPSA) is 67.4 Å². The van der Waals surface area contributed by atoms with Crippen LogP contribution in [0.3, 0.4) is 0 Å². The number of carbonyl (C=O) groups is 2. The lowest BCUT2D eigenvalue weighted by atomic mass is 9.84. The minimum Gasteiger partial charge on any atom is -0.450 e. The van der Waals surface area contributed by atoms with Crippen LogP contribution in [-0.2, 0) is 15.7 Å². The maximum atomic E-state index is 12.9. The lowest BCUT2D eigenvalue weighted by molar-refractivity contribution is -0.137. The molecule has 0 radical (unpaired) electrons. The molecule has 1 aromatic carbocycles. The van der Waals surface area contributed by atoms with Crippen LogP contribution in [0.5, 0.6) is 0 Å². The maximum absolute atomic E-state index is 12.9. The molecule has 0 unspecified atom stereocenters. The number of imide groups is 1. The number of hydrogen-bond acceptors (Lipinski definition) is 4. The van der Waals surface area contributed by atoms with Gasteiger partial charge in [-0.05, 0) is 43.5 Å². The molecule has 132 valence electrons. The van der Waals surface area contributed by atoms with E-state index in [0.29, 0.717) is 18.5 Å². The lowest BCUT2D eigenvalue weighted by Crippen LogP contribution is -2.39. The van der Waals surface area contributed by atoms with Crippen molar-refractivity contribution < 1.29 is 27.5 Å². The SMILES string of the molecule is CCOC(=O)NC(=O)[C@@H]1C[C@H](CC)Nc2ccc(C(F)(F)F)cc21. The highest BCUT2D eigenvalue weighted by molar-refractivity contribution is 5.97. The van der Waals surface area contributed by atoms with Gasteiger partial charge in [-0.25, -0.2) is 4.79 Å². The number of benzene rings is 1. The molecule has 0 aromatic heterocycles. The van der Waals surface area contributed by atoms with Gasteiger partial charge < -0.3 is 10.1 Å². The highest BCUT2D eigenvalue weighted by Gasteiger charge is 2.36. The van der Waals surface area contributed by atoms with Gasteiger partial charge in [0.05, 0.1) is 18.1 Å². The predicted octanol–water partition coefficient (Wildman–Crippen LogP) is 3.66. The largest absolute Gasteiger partial charge is 0.450 e. The Morgan fingerprint density at radius 1 is 1.33 bits per heavy atom. The average molecular weight is 344 g/mol. The second-order valence-electron chi connectivity index (χ2n) is 5.55. The average Bonchev–Trinajstić information content (AvgIpc) is 2.52. The van der Waals surface area contributed by atoms with Crippen molar-refractivity contribution in [1.82, 2.24) is 5.32 Å². The summed E-state index contributed by atoms with van der Waals surface area (Å²) in [6.07, 6.45) is -4.40. The van der Waals surface area contributed by atoms with E-state index in [1.54, 1.807) is 6.92 Å². The Labute approximate surface area is 137 Å². The van der Waals surface area contributed by atoms with Crippen molar-refractivity contribution in [3.63, 3.8) is 0 Å². The Kier molecular flexibility index (Phi) is 5.36. The van der Waals surface area contributed by atoms with Crippen molar-refractivity contribution in [3.8, 4) is 0 Å². The molecule has 0 aliphatic carbocycles. The lowest BCUT2D eigenvalue weighted by Gasteiger charge is -2.32. The fraction of sp³-hybridized carbons (Fsp3) is 0.500. The Morgan fingerprint density at radius 3 is 2.62 bits per heavy atom. The number of hydrogen-bond donors (Lipinski definition) is 2. The predicted molar refractivity (Wildman–Crippen MR) is 81.7 cm³/mol. The first kappa shape index (κ1) is 18.1. The monoisotopic (exact) mass is 344 g/mol. The minimum absolute atomic E-state index is 0.0628. The van der Waals surface area contributed by atoms with E-state index in [1.165, 1.54) is 6.07 Å².